The zero-order valence-electron chi connectivity index (χ0n) is 11.5. The Balaban J connectivity index is 1.68. The van der Waals surface area contributed by atoms with Gasteiger partial charge in [-0.2, -0.15) is 0 Å². The van der Waals surface area contributed by atoms with Crippen molar-refractivity contribution in [1.29, 1.82) is 0 Å². The molecule has 0 atom stereocenters. The molecular weight excluding hydrogens is 352 g/mol. The molecule has 0 fully saturated rings. The van der Waals surface area contributed by atoms with Crippen LogP contribution in [-0.4, -0.2) is 10.9 Å². The fraction of sp³-hybridized carbons (Fsp3) is 0.250. The number of halogens is 2. The van der Waals surface area contributed by atoms with Crippen LogP contribution in [0.1, 0.15) is 24.8 Å². The van der Waals surface area contributed by atoms with E-state index in [1.807, 2.05) is 12.1 Å². The van der Waals surface area contributed by atoms with Crippen LogP contribution >= 0.6 is 27.5 Å². The lowest BCUT2D eigenvalue weighted by Gasteiger charge is -2.05. The Labute approximate surface area is 137 Å². The standard InChI is InChI=1S/C16H16BrClN2O/c17-13-6-3-5-12(10-13)4-1-2-7-16(21)20-15-9-8-14(18)11-19-15/h3,5-6,8-11H,1-2,4,7H2,(H,19,20,21). The minimum atomic E-state index is -0.0148. The highest BCUT2D eigenvalue weighted by molar-refractivity contribution is 9.10. The predicted molar refractivity (Wildman–Crippen MR) is 89.6 cm³/mol. The molecule has 0 saturated carbocycles. The smallest absolute Gasteiger partial charge is 0.225 e. The average Bonchev–Trinajstić information content (AvgIpc) is 2.46. The van der Waals surface area contributed by atoms with Gasteiger partial charge in [-0.15, -0.1) is 0 Å². The summed E-state index contributed by atoms with van der Waals surface area (Å²) < 4.78 is 1.09. The van der Waals surface area contributed by atoms with Gasteiger partial charge in [0, 0.05) is 17.1 Å². The molecule has 0 spiro atoms. The first-order valence-corrected chi connectivity index (χ1v) is 7.96. The van der Waals surface area contributed by atoms with E-state index in [1.54, 1.807) is 12.1 Å². The molecule has 1 heterocycles. The lowest BCUT2D eigenvalue weighted by Crippen LogP contribution is -2.12. The molecular formula is C16H16BrClN2O. The molecule has 5 heteroatoms. The fourth-order valence-corrected chi connectivity index (χ4v) is 2.52. The quantitative estimate of drug-likeness (QED) is 0.742. The number of amides is 1. The number of nitrogens with one attached hydrogen (secondary N) is 1. The number of anilines is 1. The number of nitrogens with zero attached hydrogens (tertiary/aromatic N) is 1. The van der Waals surface area contributed by atoms with E-state index in [4.69, 9.17) is 11.6 Å². The zero-order valence-corrected chi connectivity index (χ0v) is 13.8. The molecule has 0 aliphatic rings. The summed E-state index contributed by atoms with van der Waals surface area (Å²) in [5.74, 6) is 0.524. The van der Waals surface area contributed by atoms with E-state index in [2.05, 4.69) is 38.4 Å². The molecule has 21 heavy (non-hydrogen) atoms. The number of carbonyl (C=O) groups is 1. The summed E-state index contributed by atoms with van der Waals surface area (Å²) in [6.45, 7) is 0. The highest BCUT2D eigenvalue weighted by Gasteiger charge is 2.03. The molecule has 110 valence electrons. The SMILES string of the molecule is O=C(CCCCc1cccc(Br)c1)Nc1ccc(Cl)cn1. The van der Waals surface area contributed by atoms with Gasteiger partial charge in [-0.05, 0) is 49.1 Å². The zero-order chi connectivity index (χ0) is 15.1. The second-order valence-corrected chi connectivity index (χ2v) is 6.10. The van der Waals surface area contributed by atoms with Crippen molar-refractivity contribution in [3.63, 3.8) is 0 Å². The second-order valence-electron chi connectivity index (χ2n) is 4.75. The molecule has 2 aromatic rings. The van der Waals surface area contributed by atoms with E-state index < -0.39 is 0 Å². The van der Waals surface area contributed by atoms with Gasteiger partial charge >= 0.3 is 0 Å². The van der Waals surface area contributed by atoms with Crippen molar-refractivity contribution in [2.45, 2.75) is 25.7 Å². The van der Waals surface area contributed by atoms with E-state index in [9.17, 15) is 4.79 Å². The lowest BCUT2D eigenvalue weighted by atomic mass is 10.1. The van der Waals surface area contributed by atoms with Gasteiger partial charge in [0.2, 0.25) is 5.91 Å². The topological polar surface area (TPSA) is 42.0 Å². The first-order valence-electron chi connectivity index (χ1n) is 6.79. The number of benzene rings is 1. The van der Waals surface area contributed by atoms with Crippen LogP contribution in [0.2, 0.25) is 5.02 Å². The molecule has 0 unspecified atom stereocenters. The molecule has 1 aromatic heterocycles. The van der Waals surface area contributed by atoms with Crippen molar-refractivity contribution >= 4 is 39.3 Å². The Morgan fingerprint density at radius 2 is 2.10 bits per heavy atom. The van der Waals surface area contributed by atoms with Crippen LogP contribution in [0.4, 0.5) is 5.82 Å². The summed E-state index contributed by atoms with van der Waals surface area (Å²) in [5, 5.41) is 3.32. The van der Waals surface area contributed by atoms with E-state index in [-0.39, 0.29) is 5.91 Å². The summed E-state index contributed by atoms with van der Waals surface area (Å²) in [4.78, 5) is 15.8. The average molecular weight is 368 g/mol. The molecule has 1 N–H and O–H groups in total. The maximum absolute atomic E-state index is 11.8. The Kier molecular flexibility index (Phi) is 6.21. The van der Waals surface area contributed by atoms with Crippen molar-refractivity contribution in [3.8, 4) is 0 Å². The van der Waals surface area contributed by atoms with Gasteiger partial charge in [0.15, 0.2) is 0 Å². The maximum atomic E-state index is 11.8. The van der Waals surface area contributed by atoms with E-state index in [0.29, 0.717) is 17.3 Å². The van der Waals surface area contributed by atoms with Gasteiger partial charge in [-0.25, -0.2) is 4.98 Å². The van der Waals surface area contributed by atoms with Gasteiger partial charge in [0.05, 0.1) is 5.02 Å². The van der Waals surface area contributed by atoms with Crippen molar-refractivity contribution < 1.29 is 4.79 Å². The van der Waals surface area contributed by atoms with Crippen LogP contribution in [0.3, 0.4) is 0 Å². The summed E-state index contributed by atoms with van der Waals surface area (Å²) >= 11 is 9.20. The highest BCUT2D eigenvalue weighted by atomic mass is 79.9. The van der Waals surface area contributed by atoms with Gasteiger partial charge in [0.25, 0.3) is 0 Å². The number of hydrogen-bond acceptors (Lipinski definition) is 2. The number of unbranched alkanes of at least 4 members (excludes halogenated alkanes) is 1. The van der Waals surface area contributed by atoms with Gasteiger partial charge in [-0.1, -0.05) is 39.7 Å². The number of hydrogen-bond donors (Lipinski definition) is 1. The third-order valence-corrected chi connectivity index (χ3v) is 3.72. The second kappa shape index (κ2) is 8.15. The Hall–Kier alpha value is -1.39. The molecule has 1 amide bonds. The van der Waals surface area contributed by atoms with Crippen LogP contribution in [0.15, 0.2) is 47.1 Å². The number of rotatable bonds is 6. The van der Waals surface area contributed by atoms with Crippen molar-refractivity contribution in [1.82, 2.24) is 4.98 Å². The van der Waals surface area contributed by atoms with Gasteiger partial charge in [-0.3, -0.25) is 4.79 Å². The van der Waals surface area contributed by atoms with Crippen molar-refractivity contribution in [2.75, 3.05) is 5.32 Å². The fourth-order valence-electron chi connectivity index (χ4n) is 1.96. The minimum absolute atomic E-state index is 0.0148. The molecule has 0 bridgehead atoms. The van der Waals surface area contributed by atoms with E-state index >= 15 is 0 Å². The monoisotopic (exact) mass is 366 g/mol. The van der Waals surface area contributed by atoms with Crippen LogP contribution in [0, 0.1) is 0 Å². The van der Waals surface area contributed by atoms with Crippen molar-refractivity contribution in [2.24, 2.45) is 0 Å². The Morgan fingerprint density at radius 1 is 1.24 bits per heavy atom. The van der Waals surface area contributed by atoms with E-state index in [1.165, 1.54) is 11.8 Å². The number of carbonyl (C=O) groups excluding carboxylic acids is 1. The van der Waals surface area contributed by atoms with Crippen LogP contribution in [0.25, 0.3) is 0 Å². The first kappa shape index (κ1) is 16.0. The van der Waals surface area contributed by atoms with E-state index in [0.717, 1.165) is 23.7 Å². The summed E-state index contributed by atoms with van der Waals surface area (Å²) in [6, 6.07) is 11.6. The molecule has 1 aromatic carbocycles. The minimum Gasteiger partial charge on any atom is -0.311 e. The predicted octanol–water partition coefficient (Wildman–Crippen LogP) is 4.85. The first-order chi connectivity index (χ1) is 10.1. The molecule has 3 nitrogen and oxygen atoms in total. The highest BCUT2D eigenvalue weighted by Crippen LogP contribution is 2.14. The number of pyridine rings is 1. The normalized spacial score (nSPS) is 10.4. The molecule has 0 aliphatic heterocycles. The summed E-state index contributed by atoms with van der Waals surface area (Å²) in [5.41, 5.74) is 1.28. The molecule has 0 radical (unpaired) electrons. The summed E-state index contributed by atoms with van der Waals surface area (Å²) in [7, 11) is 0. The maximum Gasteiger partial charge on any atom is 0.225 e. The molecule has 0 saturated heterocycles. The van der Waals surface area contributed by atoms with Crippen LogP contribution < -0.4 is 5.32 Å². The Morgan fingerprint density at radius 3 is 2.81 bits per heavy atom. The largest absolute Gasteiger partial charge is 0.311 e. The Bertz CT molecular complexity index is 601. The number of aryl methyl sites for hydroxylation is 1. The number of aromatic nitrogens is 1. The van der Waals surface area contributed by atoms with Gasteiger partial charge in [0.1, 0.15) is 5.82 Å². The third-order valence-electron chi connectivity index (χ3n) is 3.00. The lowest BCUT2D eigenvalue weighted by molar-refractivity contribution is -0.116. The van der Waals surface area contributed by atoms with Crippen LogP contribution in [0.5, 0.6) is 0 Å². The van der Waals surface area contributed by atoms with Gasteiger partial charge < -0.3 is 5.32 Å². The third kappa shape index (κ3) is 5.86. The van der Waals surface area contributed by atoms with Crippen LogP contribution in [-0.2, 0) is 11.2 Å². The van der Waals surface area contributed by atoms with Crippen molar-refractivity contribution in [3.05, 3.63) is 57.7 Å². The molecule has 0 aliphatic carbocycles. The summed E-state index contributed by atoms with van der Waals surface area (Å²) in [6.07, 6.45) is 4.83. The molecule has 2 rings (SSSR count).